The Balaban J connectivity index is 3.35. The number of carboxylic acid groups (broad SMARTS) is 1. The minimum Gasteiger partial charge on any atom is -0.508 e. The van der Waals surface area contributed by atoms with E-state index in [4.69, 9.17) is 15.9 Å². The molecule has 0 radical (unpaired) electrons. The van der Waals surface area contributed by atoms with Crippen molar-refractivity contribution in [1.29, 1.82) is 0 Å². The summed E-state index contributed by atoms with van der Waals surface area (Å²) in [6.07, 6.45) is 0. The largest absolute Gasteiger partial charge is 0.508 e. The summed E-state index contributed by atoms with van der Waals surface area (Å²) in [6.45, 7) is -0.0273. The third-order valence-corrected chi connectivity index (χ3v) is 1.62. The molecule has 13 heavy (non-hydrogen) atoms. The van der Waals surface area contributed by atoms with Crippen LogP contribution < -0.4 is 5.73 Å². The molecule has 0 fully saturated rings. The summed E-state index contributed by atoms with van der Waals surface area (Å²) >= 11 is 0. The van der Waals surface area contributed by atoms with Crippen LogP contribution in [0.25, 0.3) is 0 Å². The lowest BCUT2D eigenvalue weighted by Gasteiger charge is -2.05. The molecular formula is C8H9NO4. The second-order valence-electron chi connectivity index (χ2n) is 2.51. The topological polar surface area (TPSA) is 104 Å². The predicted octanol–water partition coefficient (Wildman–Crippen LogP) is 0.255. The molecular weight excluding hydrogens is 174 g/mol. The number of carbonyl (C=O) groups is 1. The molecule has 5 heteroatoms. The maximum absolute atomic E-state index is 10.5. The van der Waals surface area contributed by atoms with Crippen LogP contribution in [0.1, 0.15) is 15.9 Å². The first kappa shape index (κ1) is 9.34. The summed E-state index contributed by atoms with van der Waals surface area (Å²) < 4.78 is 0. The highest BCUT2D eigenvalue weighted by Crippen LogP contribution is 2.27. The molecule has 0 heterocycles. The average molecular weight is 183 g/mol. The molecule has 5 nitrogen and oxygen atoms in total. The Morgan fingerprint density at radius 2 is 2.00 bits per heavy atom. The molecule has 0 unspecified atom stereocenters. The molecule has 1 rings (SSSR count). The van der Waals surface area contributed by atoms with Gasteiger partial charge in [-0.15, -0.1) is 0 Å². The first-order valence-corrected chi connectivity index (χ1v) is 3.54. The van der Waals surface area contributed by atoms with Crippen molar-refractivity contribution in [3.63, 3.8) is 0 Å². The van der Waals surface area contributed by atoms with E-state index in [1.165, 1.54) is 6.07 Å². The molecule has 0 atom stereocenters. The number of rotatable bonds is 2. The Morgan fingerprint density at radius 3 is 2.46 bits per heavy atom. The van der Waals surface area contributed by atoms with E-state index in [9.17, 15) is 9.90 Å². The lowest BCUT2D eigenvalue weighted by atomic mass is 10.1. The number of aromatic carboxylic acids is 1. The monoisotopic (exact) mass is 183 g/mol. The van der Waals surface area contributed by atoms with Gasteiger partial charge in [-0.05, 0) is 12.1 Å². The van der Waals surface area contributed by atoms with Gasteiger partial charge in [0.25, 0.3) is 0 Å². The second-order valence-corrected chi connectivity index (χ2v) is 2.51. The van der Waals surface area contributed by atoms with Gasteiger partial charge in [-0.3, -0.25) is 0 Å². The van der Waals surface area contributed by atoms with Crippen LogP contribution in [0.5, 0.6) is 11.5 Å². The molecule has 0 amide bonds. The van der Waals surface area contributed by atoms with E-state index in [0.29, 0.717) is 0 Å². The number of benzene rings is 1. The lowest BCUT2D eigenvalue weighted by Crippen LogP contribution is -2.02. The Hall–Kier alpha value is -1.75. The van der Waals surface area contributed by atoms with Crippen LogP contribution in [0.15, 0.2) is 12.1 Å². The SMILES string of the molecule is NCc1cc(O)cc(C(=O)O)c1O. The van der Waals surface area contributed by atoms with Gasteiger partial charge in [0.05, 0.1) is 0 Å². The highest BCUT2D eigenvalue weighted by molar-refractivity contribution is 5.91. The molecule has 0 saturated heterocycles. The fraction of sp³-hybridized carbons (Fsp3) is 0.125. The minimum atomic E-state index is -1.30. The minimum absolute atomic E-state index is 0.0273. The van der Waals surface area contributed by atoms with Gasteiger partial charge in [-0.25, -0.2) is 4.79 Å². The van der Waals surface area contributed by atoms with Gasteiger partial charge in [0, 0.05) is 12.1 Å². The van der Waals surface area contributed by atoms with Gasteiger partial charge in [-0.1, -0.05) is 0 Å². The maximum atomic E-state index is 10.5. The zero-order valence-corrected chi connectivity index (χ0v) is 6.69. The fourth-order valence-corrected chi connectivity index (χ4v) is 0.996. The number of hydrogen-bond donors (Lipinski definition) is 4. The molecule has 1 aromatic carbocycles. The number of phenols is 2. The summed E-state index contributed by atoms with van der Waals surface area (Å²) in [6, 6.07) is 2.19. The number of hydrogen-bond acceptors (Lipinski definition) is 4. The molecule has 0 aliphatic rings. The Morgan fingerprint density at radius 1 is 1.38 bits per heavy atom. The van der Waals surface area contributed by atoms with Crippen LogP contribution >= 0.6 is 0 Å². The third-order valence-electron chi connectivity index (χ3n) is 1.62. The van der Waals surface area contributed by atoms with Crippen molar-refractivity contribution in [1.82, 2.24) is 0 Å². The molecule has 5 N–H and O–H groups in total. The standard InChI is InChI=1S/C8H9NO4/c9-3-4-1-5(10)2-6(7(4)11)8(12)13/h1-2,10-11H,3,9H2,(H,12,13). The predicted molar refractivity (Wildman–Crippen MR) is 44.6 cm³/mol. The Labute approximate surface area is 74.0 Å². The van der Waals surface area contributed by atoms with Crippen molar-refractivity contribution < 1.29 is 20.1 Å². The van der Waals surface area contributed by atoms with Crippen LogP contribution in [-0.4, -0.2) is 21.3 Å². The molecule has 0 aromatic heterocycles. The zero-order valence-electron chi connectivity index (χ0n) is 6.69. The van der Waals surface area contributed by atoms with Gasteiger partial charge in [0.2, 0.25) is 0 Å². The molecule has 0 spiro atoms. The van der Waals surface area contributed by atoms with E-state index >= 15 is 0 Å². The van der Waals surface area contributed by atoms with E-state index in [1.54, 1.807) is 0 Å². The van der Waals surface area contributed by atoms with Gasteiger partial charge in [0.15, 0.2) is 0 Å². The van der Waals surface area contributed by atoms with E-state index in [2.05, 4.69) is 0 Å². The Kier molecular flexibility index (Phi) is 2.39. The first-order chi connectivity index (χ1) is 6.06. The molecule has 0 bridgehead atoms. The highest BCUT2D eigenvalue weighted by Gasteiger charge is 2.14. The first-order valence-electron chi connectivity index (χ1n) is 3.54. The fourth-order valence-electron chi connectivity index (χ4n) is 0.996. The van der Waals surface area contributed by atoms with Crippen molar-refractivity contribution >= 4 is 5.97 Å². The Bertz CT molecular complexity index is 348. The van der Waals surface area contributed by atoms with Crippen LogP contribution in [-0.2, 0) is 6.54 Å². The van der Waals surface area contributed by atoms with E-state index in [0.717, 1.165) is 6.07 Å². The van der Waals surface area contributed by atoms with Gasteiger partial charge < -0.3 is 21.1 Å². The maximum Gasteiger partial charge on any atom is 0.339 e. The smallest absolute Gasteiger partial charge is 0.339 e. The van der Waals surface area contributed by atoms with Crippen molar-refractivity contribution in [3.05, 3.63) is 23.3 Å². The van der Waals surface area contributed by atoms with E-state index < -0.39 is 11.7 Å². The molecule has 1 aromatic rings. The van der Waals surface area contributed by atoms with Crippen molar-refractivity contribution in [2.45, 2.75) is 6.54 Å². The zero-order chi connectivity index (χ0) is 10.0. The number of phenolic OH excluding ortho intramolecular Hbond substituents is 1. The number of carboxylic acids is 1. The lowest BCUT2D eigenvalue weighted by molar-refractivity contribution is 0.0693. The van der Waals surface area contributed by atoms with Crippen LogP contribution in [0.4, 0.5) is 0 Å². The molecule has 0 aliphatic heterocycles. The summed E-state index contributed by atoms with van der Waals surface area (Å²) in [5.74, 6) is -1.92. The summed E-state index contributed by atoms with van der Waals surface area (Å²) in [5.41, 5.74) is 5.08. The third kappa shape index (κ3) is 1.70. The molecule has 0 aliphatic carbocycles. The number of aromatic hydroxyl groups is 2. The van der Waals surface area contributed by atoms with Crippen LogP contribution in [0, 0.1) is 0 Å². The van der Waals surface area contributed by atoms with Crippen molar-refractivity contribution in [2.24, 2.45) is 5.73 Å². The quantitative estimate of drug-likeness (QED) is 0.492. The van der Waals surface area contributed by atoms with E-state index in [1.807, 2.05) is 0 Å². The van der Waals surface area contributed by atoms with Crippen molar-refractivity contribution in [3.8, 4) is 11.5 Å². The second kappa shape index (κ2) is 3.32. The normalized spacial score (nSPS) is 9.92. The highest BCUT2D eigenvalue weighted by atomic mass is 16.4. The van der Waals surface area contributed by atoms with Gasteiger partial charge in [-0.2, -0.15) is 0 Å². The van der Waals surface area contributed by atoms with Gasteiger partial charge in [0.1, 0.15) is 17.1 Å². The van der Waals surface area contributed by atoms with Crippen molar-refractivity contribution in [2.75, 3.05) is 0 Å². The summed E-state index contributed by atoms with van der Waals surface area (Å²) in [5, 5.41) is 27.0. The molecule has 70 valence electrons. The van der Waals surface area contributed by atoms with Crippen LogP contribution in [0.3, 0.4) is 0 Å². The van der Waals surface area contributed by atoms with E-state index in [-0.39, 0.29) is 23.4 Å². The summed E-state index contributed by atoms with van der Waals surface area (Å²) in [4.78, 5) is 10.5. The summed E-state index contributed by atoms with van der Waals surface area (Å²) in [7, 11) is 0. The van der Waals surface area contributed by atoms with Crippen LogP contribution in [0.2, 0.25) is 0 Å². The number of nitrogens with two attached hydrogens (primary N) is 1. The average Bonchev–Trinajstić information content (AvgIpc) is 2.08. The molecule has 0 saturated carbocycles. The van der Waals surface area contributed by atoms with Gasteiger partial charge >= 0.3 is 5.97 Å².